The fraction of sp³-hybridized carbons (Fsp3) is 0.400. The van der Waals surface area contributed by atoms with Crippen molar-refractivity contribution in [3.63, 3.8) is 0 Å². The SMILES string of the molecule is COc1ccc(C(O)CSC)c(Cl)c1Cl. The van der Waals surface area contributed by atoms with Crippen LogP contribution in [0.2, 0.25) is 10.0 Å². The Labute approximate surface area is 104 Å². The van der Waals surface area contributed by atoms with E-state index in [0.717, 1.165) is 0 Å². The minimum atomic E-state index is -0.601. The Morgan fingerprint density at radius 1 is 1.40 bits per heavy atom. The van der Waals surface area contributed by atoms with Crippen molar-refractivity contribution in [2.75, 3.05) is 19.1 Å². The molecule has 0 aromatic heterocycles. The van der Waals surface area contributed by atoms with E-state index in [9.17, 15) is 5.11 Å². The lowest BCUT2D eigenvalue weighted by atomic mass is 10.1. The third kappa shape index (κ3) is 2.94. The van der Waals surface area contributed by atoms with Gasteiger partial charge < -0.3 is 9.84 Å². The number of aliphatic hydroxyl groups excluding tert-OH is 1. The lowest BCUT2D eigenvalue weighted by Gasteiger charge is -2.14. The summed E-state index contributed by atoms with van der Waals surface area (Å²) in [6.45, 7) is 0. The highest BCUT2D eigenvalue weighted by atomic mass is 35.5. The maximum Gasteiger partial charge on any atom is 0.139 e. The molecular weight excluding hydrogens is 255 g/mol. The number of rotatable bonds is 4. The number of aliphatic hydroxyl groups is 1. The molecule has 2 nitrogen and oxygen atoms in total. The Hall–Kier alpha value is -0.0900. The second-order valence-electron chi connectivity index (χ2n) is 2.96. The molecule has 0 saturated carbocycles. The molecule has 1 atom stereocenters. The van der Waals surface area contributed by atoms with E-state index in [-0.39, 0.29) is 0 Å². The van der Waals surface area contributed by atoms with Crippen LogP contribution in [0.15, 0.2) is 12.1 Å². The van der Waals surface area contributed by atoms with Crippen LogP contribution < -0.4 is 4.74 Å². The van der Waals surface area contributed by atoms with Gasteiger partial charge in [-0.15, -0.1) is 0 Å². The van der Waals surface area contributed by atoms with Crippen molar-refractivity contribution in [1.29, 1.82) is 0 Å². The normalized spacial score (nSPS) is 12.6. The Bertz CT molecular complexity index is 344. The fourth-order valence-electron chi connectivity index (χ4n) is 1.21. The van der Waals surface area contributed by atoms with Gasteiger partial charge in [0.2, 0.25) is 0 Å². The average molecular weight is 267 g/mol. The Morgan fingerprint density at radius 3 is 2.60 bits per heavy atom. The van der Waals surface area contributed by atoms with E-state index >= 15 is 0 Å². The zero-order chi connectivity index (χ0) is 11.4. The average Bonchev–Trinajstić information content (AvgIpc) is 2.22. The predicted molar refractivity (Wildman–Crippen MR) is 66.4 cm³/mol. The quantitative estimate of drug-likeness (QED) is 0.906. The molecular formula is C10H12Cl2O2S. The summed E-state index contributed by atoms with van der Waals surface area (Å²) in [4.78, 5) is 0. The first-order valence-corrected chi connectivity index (χ1v) is 6.45. The van der Waals surface area contributed by atoms with Crippen LogP contribution in [0.3, 0.4) is 0 Å². The lowest BCUT2D eigenvalue weighted by molar-refractivity contribution is 0.204. The van der Waals surface area contributed by atoms with Crippen LogP contribution in [0.5, 0.6) is 5.75 Å². The van der Waals surface area contributed by atoms with Crippen LogP contribution in [-0.2, 0) is 0 Å². The van der Waals surface area contributed by atoms with Gasteiger partial charge in [0.25, 0.3) is 0 Å². The summed E-state index contributed by atoms with van der Waals surface area (Å²) in [7, 11) is 1.52. The van der Waals surface area contributed by atoms with Crippen LogP contribution in [0, 0.1) is 0 Å². The summed E-state index contributed by atoms with van der Waals surface area (Å²) < 4.78 is 5.02. The van der Waals surface area contributed by atoms with Crippen LogP contribution in [0.1, 0.15) is 11.7 Å². The van der Waals surface area contributed by atoms with Gasteiger partial charge >= 0.3 is 0 Å². The van der Waals surface area contributed by atoms with E-state index in [1.807, 2.05) is 6.26 Å². The third-order valence-corrected chi connectivity index (χ3v) is 3.51. The third-order valence-electron chi connectivity index (χ3n) is 1.98. The van der Waals surface area contributed by atoms with Gasteiger partial charge in [0.05, 0.1) is 18.2 Å². The van der Waals surface area contributed by atoms with Crippen LogP contribution in [0.4, 0.5) is 0 Å². The summed E-state index contributed by atoms with van der Waals surface area (Å²) in [6.07, 6.45) is 1.32. The van der Waals surface area contributed by atoms with E-state index in [4.69, 9.17) is 27.9 Å². The zero-order valence-corrected chi connectivity index (χ0v) is 10.8. The van der Waals surface area contributed by atoms with Crippen molar-refractivity contribution in [3.8, 4) is 5.75 Å². The first kappa shape index (κ1) is 13.0. The van der Waals surface area contributed by atoms with Gasteiger partial charge in [0, 0.05) is 11.3 Å². The van der Waals surface area contributed by atoms with Gasteiger partial charge in [0.15, 0.2) is 0 Å². The zero-order valence-electron chi connectivity index (χ0n) is 8.46. The monoisotopic (exact) mass is 266 g/mol. The van der Waals surface area contributed by atoms with E-state index in [0.29, 0.717) is 27.1 Å². The molecule has 84 valence electrons. The molecule has 1 aromatic rings. The molecule has 1 aromatic carbocycles. The van der Waals surface area contributed by atoms with Crippen molar-refractivity contribution in [1.82, 2.24) is 0 Å². The molecule has 0 aliphatic rings. The number of halogens is 2. The second-order valence-corrected chi connectivity index (χ2v) is 4.62. The van der Waals surface area contributed by atoms with Crippen molar-refractivity contribution < 1.29 is 9.84 Å². The number of thioether (sulfide) groups is 1. The van der Waals surface area contributed by atoms with Gasteiger partial charge in [0.1, 0.15) is 10.8 Å². The van der Waals surface area contributed by atoms with E-state index in [1.165, 1.54) is 7.11 Å². The van der Waals surface area contributed by atoms with Gasteiger partial charge in [-0.25, -0.2) is 0 Å². The number of methoxy groups -OCH3 is 1. The molecule has 0 saturated heterocycles. The predicted octanol–water partition coefficient (Wildman–Crippen LogP) is 3.40. The van der Waals surface area contributed by atoms with Crippen molar-refractivity contribution in [2.24, 2.45) is 0 Å². The lowest BCUT2D eigenvalue weighted by Crippen LogP contribution is -2.01. The smallest absolute Gasteiger partial charge is 0.139 e. The minimum absolute atomic E-state index is 0.344. The summed E-state index contributed by atoms with van der Waals surface area (Å²) in [5, 5.41) is 10.5. The molecule has 1 unspecified atom stereocenters. The van der Waals surface area contributed by atoms with Crippen LogP contribution >= 0.6 is 35.0 Å². The highest BCUT2D eigenvalue weighted by molar-refractivity contribution is 7.98. The van der Waals surface area contributed by atoms with E-state index < -0.39 is 6.10 Å². The highest BCUT2D eigenvalue weighted by Gasteiger charge is 2.16. The standard InChI is InChI=1S/C10H12Cl2O2S/c1-14-8-4-3-6(7(13)5-15-2)9(11)10(8)12/h3-4,7,13H,5H2,1-2H3. The van der Waals surface area contributed by atoms with Crippen molar-refractivity contribution in [2.45, 2.75) is 6.10 Å². The first-order chi connectivity index (χ1) is 7.11. The first-order valence-electron chi connectivity index (χ1n) is 4.30. The topological polar surface area (TPSA) is 29.5 Å². The number of benzene rings is 1. The molecule has 0 heterocycles. The summed E-state index contributed by atoms with van der Waals surface area (Å²) in [5.41, 5.74) is 0.636. The Kier molecular flexibility index (Phi) is 5.06. The highest BCUT2D eigenvalue weighted by Crippen LogP contribution is 2.37. The largest absolute Gasteiger partial charge is 0.495 e. The fourth-order valence-corrected chi connectivity index (χ4v) is 2.24. The Morgan fingerprint density at radius 2 is 2.07 bits per heavy atom. The van der Waals surface area contributed by atoms with Gasteiger partial charge in [-0.1, -0.05) is 29.3 Å². The molecule has 0 aliphatic carbocycles. The van der Waals surface area contributed by atoms with Crippen molar-refractivity contribution >= 4 is 35.0 Å². The van der Waals surface area contributed by atoms with Gasteiger partial charge in [-0.3, -0.25) is 0 Å². The van der Waals surface area contributed by atoms with E-state index in [2.05, 4.69) is 0 Å². The van der Waals surface area contributed by atoms with Gasteiger partial charge in [-0.05, 0) is 12.3 Å². The maximum absolute atomic E-state index is 9.78. The maximum atomic E-state index is 9.78. The number of hydrogen-bond donors (Lipinski definition) is 1. The molecule has 0 amide bonds. The molecule has 0 aliphatic heterocycles. The number of ether oxygens (including phenoxy) is 1. The van der Waals surface area contributed by atoms with Crippen LogP contribution in [-0.4, -0.2) is 24.2 Å². The summed E-state index contributed by atoms with van der Waals surface area (Å²) >= 11 is 13.5. The number of hydrogen-bond acceptors (Lipinski definition) is 3. The Balaban J connectivity index is 3.06. The molecule has 1 N–H and O–H groups in total. The molecule has 15 heavy (non-hydrogen) atoms. The summed E-state index contributed by atoms with van der Waals surface area (Å²) in [6, 6.07) is 3.43. The summed E-state index contributed by atoms with van der Waals surface area (Å²) in [5.74, 6) is 1.10. The van der Waals surface area contributed by atoms with Crippen LogP contribution in [0.25, 0.3) is 0 Å². The molecule has 0 bridgehead atoms. The molecule has 5 heteroatoms. The second kappa shape index (κ2) is 5.85. The van der Waals surface area contributed by atoms with Gasteiger partial charge in [-0.2, -0.15) is 11.8 Å². The molecule has 1 rings (SSSR count). The van der Waals surface area contributed by atoms with Crippen molar-refractivity contribution in [3.05, 3.63) is 27.7 Å². The molecule has 0 spiro atoms. The molecule has 0 fully saturated rings. The van der Waals surface area contributed by atoms with E-state index in [1.54, 1.807) is 23.9 Å². The minimum Gasteiger partial charge on any atom is -0.495 e. The molecule has 0 radical (unpaired) electrons.